The van der Waals surface area contributed by atoms with Crippen molar-refractivity contribution in [3.8, 4) is 0 Å². The van der Waals surface area contributed by atoms with E-state index in [1.54, 1.807) is 0 Å². The quantitative estimate of drug-likeness (QED) is 0.650. The molecule has 13 heavy (non-hydrogen) atoms. The Morgan fingerprint density at radius 3 is 2.62 bits per heavy atom. The SMILES string of the molecule is CC1C(N)CCN1CC1CC=CC1. The number of hydrogen-bond donors (Lipinski definition) is 1. The van der Waals surface area contributed by atoms with Gasteiger partial charge in [-0.2, -0.15) is 0 Å². The van der Waals surface area contributed by atoms with Gasteiger partial charge in [0.25, 0.3) is 0 Å². The Bertz CT molecular complexity index is 192. The van der Waals surface area contributed by atoms with Crippen LogP contribution in [0.5, 0.6) is 0 Å². The van der Waals surface area contributed by atoms with Crippen molar-refractivity contribution in [3.63, 3.8) is 0 Å². The van der Waals surface area contributed by atoms with Gasteiger partial charge in [-0.3, -0.25) is 4.90 Å². The first kappa shape index (κ1) is 9.22. The van der Waals surface area contributed by atoms with Crippen LogP contribution in [-0.4, -0.2) is 30.1 Å². The van der Waals surface area contributed by atoms with Crippen LogP contribution in [0.1, 0.15) is 26.2 Å². The van der Waals surface area contributed by atoms with Gasteiger partial charge in [-0.1, -0.05) is 12.2 Å². The van der Waals surface area contributed by atoms with Crippen LogP contribution in [0.15, 0.2) is 12.2 Å². The first-order valence-corrected chi connectivity index (χ1v) is 5.42. The maximum atomic E-state index is 5.99. The van der Waals surface area contributed by atoms with Crippen molar-refractivity contribution >= 4 is 0 Å². The molecule has 1 aliphatic carbocycles. The fourth-order valence-electron chi connectivity index (χ4n) is 2.44. The van der Waals surface area contributed by atoms with E-state index in [0.717, 1.165) is 5.92 Å². The summed E-state index contributed by atoms with van der Waals surface area (Å²) >= 11 is 0. The molecular formula is C11H20N2. The summed E-state index contributed by atoms with van der Waals surface area (Å²) in [7, 11) is 0. The minimum atomic E-state index is 0.411. The van der Waals surface area contributed by atoms with E-state index in [9.17, 15) is 0 Å². The van der Waals surface area contributed by atoms with Crippen LogP contribution in [-0.2, 0) is 0 Å². The van der Waals surface area contributed by atoms with Gasteiger partial charge in [-0.05, 0) is 32.1 Å². The molecule has 2 atom stereocenters. The van der Waals surface area contributed by atoms with E-state index in [4.69, 9.17) is 5.73 Å². The number of nitrogens with two attached hydrogens (primary N) is 1. The van der Waals surface area contributed by atoms with Gasteiger partial charge in [-0.25, -0.2) is 0 Å². The van der Waals surface area contributed by atoms with Crippen molar-refractivity contribution in [3.05, 3.63) is 12.2 Å². The second-order valence-electron chi connectivity index (χ2n) is 4.50. The molecule has 0 amide bonds. The molecule has 1 heterocycles. The van der Waals surface area contributed by atoms with Crippen LogP contribution < -0.4 is 5.73 Å². The minimum absolute atomic E-state index is 0.411. The Morgan fingerprint density at radius 1 is 1.38 bits per heavy atom. The predicted molar refractivity (Wildman–Crippen MR) is 55.5 cm³/mol. The highest BCUT2D eigenvalue weighted by Gasteiger charge is 2.29. The van der Waals surface area contributed by atoms with Crippen LogP contribution in [0.25, 0.3) is 0 Å². The van der Waals surface area contributed by atoms with E-state index in [1.165, 1.54) is 32.4 Å². The zero-order valence-corrected chi connectivity index (χ0v) is 8.45. The molecule has 1 saturated heterocycles. The van der Waals surface area contributed by atoms with E-state index in [1.807, 2.05) is 0 Å². The third-order valence-electron chi connectivity index (χ3n) is 3.54. The zero-order chi connectivity index (χ0) is 9.26. The molecule has 0 spiro atoms. The molecule has 2 aliphatic rings. The van der Waals surface area contributed by atoms with Crippen molar-refractivity contribution in [2.45, 2.75) is 38.3 Å². The van der Waals surface area contributed by atoms with E-state index in [2.05, 4.69) is 24.0 Å². The summed E-state index contributed by atoms with van der Waals surface area (Å²) < 4.78 is 0. The van der Waals surface area contributed by atoms with Crippen LogP contribution >= 0.6 is 0 Å². The van der Waals surface area contributed by atoms with E-state index < -0.39 is 0 Å². The molecule has 2 heteroatoms. The average molecular weight is 180 g/mol. The maximum absolute atomic E-state index is 5.99. The summed E-state index contributed by atoms with van der Waals surface area (Å²) in [5, 5.41) is 0. The average Bonchev–Trinajstić information content (AvgIpc) is 2.71. The molecule has 2 N–H and O–H groups in total. The summed E-state index contributed by atoms with van der Waals surface area (Å²) in [6.45, 7) is 4.72. The van der Waals surface area contributed by atoms with Gasteiger partial charge in [0, 0.05) is 25.2 Å². The van der Waals surface area contributed by atoms with Crippen LogP contribution in [0.4, 0.5) is 0 Å². The highest BCUT2D eigenvalue weighted by molar-refractivity contribution is 4.97. The van der Waals surface area contributed by atoms with Crippen LogP contribution in [0.2, 0.25) is 0 Å². The summed E-state index contributed by atoms with van der Waals surface area (Å²) in [4.78, 5) is 2.56. The molecule has 2 nitrogen and oxygen atoms in total. The number of hydrogen-bond acceptors (Lipinski definition) is 2. The molecule has 0 aromatic heterocycles. The number of allylic oxidation sites excluding steroid dienone is 2. The number of nitrogens with zero attached hydrogens (tertiary/aromatic N) is 1. The fourth-order valence-corrected chi connectivity index (χ4v) is 2.44. The molecule has 0 bridgehead atoms. The van der Waals surface area contributed by atoms with Crippen LogP contribution in [0.3, 0.4) is 0 Å². The lowest BCUT2D eigenvalue weighted by Gasteiger charge is -2.25. The monoisotopic (exact) mass is 180 g/mol. The van der Waals surface area contributed by atoms with Gasteiger partial charge in [0.15, 0.2) is 0 Å². The molecule has 74 valence electrons. The van der Waals surface area contributed by atoms with Crippen molar-refractivity contribution in [2.75, 3.05) is 13.1 Å². The summed E-state index contributed by atoms with van der Waals surface area (Å²) in [5.74, 6) is 0.868. The Balaban J connectivity index is 1.81. The smallest absolute Gasteiger partial charge is 0.0219 e. The first-order chi connectivity index (χ1) is 6.27. The first-order valence-electron chi connectivity index (χ1n) is 5.42. The zero-order valence-electron chi connectivity index (χ0n) is 8.45. The standard InChI is InChI=1S/C11H20N2/c1-9-11(12)6-7-13(9)8-10-4-2-3-5-10/h2-3,9-11H,4-8,12H2,1H3. The number of rotatable bonds is 2. The van der Waals surface area contributed by atoms with Crippen molar-refractivity contribution in [1.82, 2.24) is 4.90 Å². The molecule has 1 aliphatic heterocycles. The maximum Gasteiger partial charge on any atom is 0.0219 e. The molecule has 1 fully saturated rings. The van der Waals surface area contributed by atoms with Gasteiger partial charge in [-0.15, -0.1) is 0 Å². The van der Waals surface area contributed by atoms with E-state index in [-0.39, 0.29) is 0 Å². The molecule has 2 rings (SSSR count). The third kappa shape index (κ3) is 1.94. The summed E-state index contributed by atoms with van der Waals surface area (Å²) in [5.41, 5.74) is 5.99. The summed E-state index contributed by atoms with van der Waals surface area (Å²) in [6, 6.07) is 1.01. The predicted octanol–water partition coefficient (Wildman–Crippen LogP) is 1.37. The van der Waals surface area contributed by atoms with Crippen molar-refractivity contribution in [2.24, 2.45) is 11.7 Å². The fraction of sp³-hybridized carbons (Fsp3) is 0.818. The molecular weight excluding hydrogens is 160 g/mol. The second-order valence-corrected chi connectivity index (χ2v) is 4.50. The number of likely N-dealkylation sites (tertiary alicyclic amines) is 1. The van der Waals surface area contributed by atoms with E-state index in [0.29, 0.717) is 12.1 Å². The third-order valence-corrected chi connectivity index (χ3v) is 3.54. The topological polar surface area (TPSA) is 29.3 Å². The van der Waals surface area contributed by atoms with Gasteiger partial charge >= 0.3 is 0 Å². The molecule has 0 aromatic rings. The van der Waals surface area contributed by atoms with E-state index >= 15 is 0 Å². The second kappa shape index (κ2) is 3.81. The van der Waals surface area contributed by atoms with Gasteiger partial charge < -0.3 is 5.73 Å². The lowest BCUT2D eigenvalue weighted by Crippen LogP contribution is -2.38. The molecule has 0 aromatic carbocycles. The van der Waals surface area contributed by atoms with Crippen molar-refractivity contribution < 1.29 is 0 Å². The van der Waals surface area contributed by atoms with Gasteiger partial charge in [0.1, 0.15) is 0 Å². The Kier molecular flexibility index (Phi) is 2.70. The highest BCUT2D eigenvalue weighted by Crippen LogP contribution is 2.23. The lowest BCUT2D eigenvalue weighted by molar-refractivity contribution is 0.223. The minimum Gasteiger partial charge on any atom is -0.326 e. The van der Waals surface area contributed by atoms with Gasteiger partial charge in [0.05, 0.1) is 0 Å². The Labute approximate surface area is 80.8 Å². The lowest BCUT2D eigenvalue weighted by atomic mass is 10.1. The van der Waals surface area contributed by atoms with Crippen molar-refractivity contribution in [1.29, 1.82) is 0 Å². The Morgan fingerprint density at radius 2 is 2.08 bits per heavy atom. The Hall–Kier alpha value is -0.340. The molecule has 2 unspecified atom stereocenters. The van der Waals surface area contributed by atoms with Crippen LogP contribution in [0, 0.1) is 5.92 Å². The highest BCUT2D eigenvalue weighted by atomic mass is 15.2. The molecule has 0 saturated carbocycles. The molecule has 0 radical (unpaired) electrons. The normalized spacial score (nSPS) is 36.2. The largest absolute Gasteiger partial charge is 0.326 e. The van der Waals surface area contributed by atoms with Gasteiger partial charge in [0.2, 0.25) is 0 Å². The summed E-state index contributed by atoms with van der Waals surface area (Å²) in [6.07, 6.45) is 8.36.